The van der Waals surface area contributed by atoms with Gasteiger partial charge >= 0.3 is 94.8 Å². The van der Waals surface area contributed by atoms with Crippen LogP contribution in [0.3, 0.4) is 0 Å². The number of aromatic nitrogens is 2. The van der Waals surface area contributed by atoms with Crippen molar-refractivity contribution in [3.8, 4) is 0 Å². The number of hydrogen-bond donors (Lipinski definition) is 3. The number of aliphatic imine (C=N–C) groups is 1. The van der Waals surface area contributed by atoms with E-state index in [1.165, 1.54) is 0 Å². The third-order valence-corrected chi connectivity index (χ3v) is 8.02. The van der Waals surface area contributed by atoms with Crippen LogP contribution in [0.5, 0.6) is 0 Å². The Morgan fingerprint density at radius 2 is 1.53 bits per heavy atom. The van der Waals surface area contributed by atoms with Crippen molar-refractivity contribution in [3.63, 3.8) is 0 Å². The second-order valence-electron chi connectivity index (χ2n) is 8.17. The zero-order chi connectivity index (χ0) is 33.4. The summed E-state index contributed by atoms with van der Waals surface area (Å²) >= 11 is 5.64. The van der Waals surface area contributed by atoms with Crippen molar-refractivity contribution < 1.29 is 146 Å². The van der Waals surface area contributed by atoms with Crippen molar-refractivity contribution in [2.45, 2.75) is 27.7 Å². The molecule has 0 spiro atoms. The van der Waals surface area contributed by atoms with Crippen LogP contribution in [-0.2, 0) is 35.1 Å². The van der Waals surface area contributed by atoms with Crippen molar-refractivity contribution in [2.24, 2.45) is 15.2 Å². The summed E-state index contributed by atoms with van der Waals surface area (Å²) in [7, 11) is -16.1. The molecule has 0 aliphatic rings. The number of nitrogens with zero attached hydrogens (tertiary/aromatic N) is 5. The molecule has 0 saturated carbocycles. The predicted molar refractivity (Wildman–Crippen MR) is 139 cm³/mol. The molecule has 1 aromatic heterocycles. The molecule has 1 atom stereocenters. The molecule has 0 saturated heterocycles. The van der Waals surface area contributed by atoms with E-state index in [0.717, 1.165) is 19.1 Å². The molecule has 0 amide bonds. The number of benzene rings is 2. The Morgan fingerprint density at radius 3 is 2.04 bits per heavy atom. The number of halogens is 3. The van der Waals surface area contributed by atoms with Gasteiger partial charge in [0.1, 0.15) is 35.8 Å². The average molecular weight is 766 g/mol. The number of Topliss-reactive ketones (excluding diaryl/α,β-unsaturated/α-hetero) is 1. The van der Waals surface area contributed by atoms with Crippen LogP contribution < -0.4 is 105 Å². The Bertz CT molecular complexity index is 2040. The topological polar surface area (TPSA) is 310 Å². The second-order valence-corrected chi connectivity index (χ2v) is 12.6. The molecule has 47 heavy (non-hydrogen) atoms. The first-order valence-corrected chi connectivity index (χ1v) is 15.5. The number of carbonyl (C=O) groups is 1. The van der Waals surface area contributed by atoms with Crippen LogP contribution in [0.1, 0.15) is 6.92 Å². The summed E-state index contributed by atoms with van der Waals surface area (Å²) < 4.78 is 130. The molecule has 18 nitrogen and oxygen atoms in total. The van der Waals surface area contributed by atoms with Gasteiger partial charge < -0.3 is 25.3 Å². The smallest absolute Gasteiger partial charge is 0.860 e. The molecule has 0 fully saturated rings. The Balaban J connectivity index is 0.00000705. The van der Waals surface area contributed by atoms with E-state index >= 15 is 0 Å². The van der Waals surface area contributed by atoms with Gasteiger partial charge in [-0.2, -0.15) is 37.4 Å². The average Bonchev–Trinajstić information content (AvgIpc) is 2.86. The van der Waals surface area contributed by atoms with E-state index in [-0.39, 0.29) is 94.4 Å². The summed E-state index contributed by atoms with van der Waals surface area (Å²) in [6.07, 6.45) is -1.54. The van der Waals surface area contributed by atoms with Crippen molar-refractivity contribution in [2.75, 3.05) is 11.1 Å². The monoisotopic (exact) mass is 765 g/mol. The molecule has 3 aromatic rings. The van der Waals surface area contributed by atoms with Gasteiger partial charge in [-0.05, 0) is 43.2 Å². The predicted octanol–water partition coefficient (Wildman–Crippen LogP) is -8.07. The molecule has 0 aliphatic carbocycles. The van der Waals surface area contributed by atoms with Crippen molar-refractivity contribution >= 4 is 82.2 Å². The Hall–Kier alpha value is -1.26. The maximum absolute atomic E-state index is 13.6. The van der Waals surface area contributed by atoms with Crippen LogP contribution in [0.25, 0.3) is 0 Å². The maximum atomic E-state index is 13.6. The van der Waals surface area contributed by atoms with Gasteiger partial charge in [0.25, 0.3) is 10.1 Å². The van der Waals surface area contributed by atoms with Gasteiger partial charge in [-0.25, -0.2) is 16.8 Å². The quantitative estimate of drug-likeness (QED) is 0.0252. The zero-order valence-corrected chi connectivity index (χ0v) is 33.4. The molecule has 3 rings (SSSR count). The van der Waals surface area contributed by atoms with E-state index in [1.54, 1.807) is 0 Å². The molecular weight excluding hydrogens is 753 g/mol. The maximum Gasteiger partial charge on any atom is 1.00 e. The van der Waals surface area contributed by atoms with Crippen LogP contribution in [-0.4, -0.2) is 66.6 Å². The van der Waals surface area contributed by atoms with Gasteiger partial charge in [-0.1, -0.05) is 11.6 Å². The Labute approximate surface area is 335 Å². The van der Waals surface area contributed by atoms with Crippen LogP contribution in [0.15, 0.2) is 60.2 Å². The standard InChI is InChI=1S/C20H16ClF2N7O11S3.3Na/c1-7(31)16(19(32)26-9-5-12(43(36,37)38)15(24)13(6-9)44(39,40)41)30-29-10-3-2-8(4-11(10)42(33,34)35)25-18-14(21)17(22)27-20(23)28-18;;;/h2-6,16H,24H2,1H3,(H,26,32)(H,25,27,28)(H,33,34,35)(H,36,37,38)(H,39,40,41);;;/q;3*+1/p-3. The number of carbonyl (C=O) groups excluding carboxylic acids is 1. The fourth-order valence-electron chi connectivity index (χ4n) is 3.17. The summed E-state index contributed by atoms with van der Waals surface area (Å²) in [5.74, 6) is -4.78. The van der Waals surface area contributed by atoms with Gasteiger partial charge in [-0.3, -0.25) is 14.3 Å². The fourth-order valence-corrected chi connectivity index (χ4v) is 5.31. The van der Waals surface area contributed by atoms with Crippen LogP contribution in [0.2, 0.25) is 5.02 Å². The summed E-state index contributed by atoms with van der Waals surface area (Å²) in [6.45, 7) is 0.791. The number of azo groups is 1. The SMILES string of the molecule is CC(=O)C(N=Nc1ccc(Nc2nc(F)nc(F)c2Cl)cc1S(=O)(=O)[O-])C([O-])=Nc1cc(S(=O)(=O)[O-])c(N)c(S(=O)(=O)O)c1.[Na+].[Na+].[Na+]. The third kappa shape index (κ3) is 11.9. The molecule has 4 N–H and O–H groups in total. The van der Waals surface area contributed by atoms with E-state index in [2.05, 4.69) is 30.5 Å². The first kappa shape index (κ1) is 45.7. The van der Waals surface area contributed by atoms with Gasteiger partial charge in [0.05, 0.1) is 21.2 Å². The Kier molecular flexibility index (Phi) is 17.1. The minimum atomic E-state index is -5.48. The number of rotatable bonds is 10. The fraction of sp³-hybridized carbons (Fsp3) is 0.100. The van der Waals surface area contributed by atoms with E-state index < -0.39 is 103 Å². The van der Waals surface area contributed by atoms with Gasteiger partial charge in [0.15, 0.2) is 17.6 Å². The normalized spacial score (nSPS) is 12.8. The van der Waals surface area contributed by atoms with E-state index in [0.29, 0.717) is 18.2 Å². The largest absolute Gasteiger partial charge is 1.00 e. The second kappa shape index (κ2) is 17.6. The van der Waals surface area contributed by atoms with Crippen molar-refractivity contribution in [1.29, 1.82) is 0 Å². The molecule has 0 bridgehead atoms. The third-order valence-electron chi connectivity index (χ3n) is 5.05. The Morgan fingerprint density at radius 1 is 0.979 bits per heavy atom. The number of nitrogen functional groups attached to an aromatic ring is 1. The first-order valence-electron chi connectivity index (χ1n) is 10.9. The summed E-state index contributed by atoms with van der Waals surface area (Å²) in [4.78, 5) is 17.6. The van der Waals surface area contributed by atoms with E-state index in [1.807, 2.05) is 0 Å². The van der Waals surface area contributed by atoms with E-state index in [4.69, 9.17) is 17.3 Å². The molecule has 0 radical (unpaired) electrons. The molecule has 1 unspecified atom stereocenters. The molecule has 0 aliphatic heterocycles. The zero-order valence-electron chi connectivity index (χ0n) is 24.2. The summed E-state index contributed by atoms with van der Waals surface area (Å²) in [5, 5.41) is 21.0. The summed E-state index contributed by atoms with van der Waals surface area (Å²) in [5.41, 5.74) is 2.21. The molecular formula is C20H13ClF2N7Na3O11S3. The number of hydrogen-bond acceptors (Lipinski definition) is 17. The molecule has 236 valence electrons. The van der Waals surface area contributed by atoms with E-state index in [9.17, 15) is 57.6 Å². The minimum absolute atomic E-state index is 0. The van der Waals surface area contributed by atoms with Crippen molar-refractivity contribution in [3.05, 3.63) is 47.4 Å². The van der Waals surface area contributed by atoms with Crippen LogP contribution in [0, 0.1) is 12.0 Å². The van der Waals surface area contributed by atoms with Crippen LogP contribution >= 0.6 is 11.6 Å². The molecule has 2 aromatic carbocycles. The summed E-state index contributed by atoms with van der Waals surface area (Å²) in [6, 6.07) is 1.01. The van der Waals surface area contributed by atoms with Gasteiger partial charge in [0, 0.05) is 5.69 Å². The first-order chi connectivity index (χ1) is 20.1. The van der Waals surface area contributed by atoms with Crippen molar-refractivity contribution in [1.82, 2.24) is 9.97 Å². The molecule has 1 heterocycles. The number of nitrogens with one attached hydrogen (secondary N) is 1. The van der Waals surface area contributed by atoms with Gasteiger partial charge in [-0.15, -0.1) is 0 Å². The van der Waals surface area contributed by atoms with Gasteiger partial charge in [0.2, 0.25) is 5.95 Å². The minimum Gasteiger partial charge on any atom is -0.860 e. The number of ketones is 1. The van der Waals surface area contributed by atoms with Crippen LogP contribution in [0.4, 0.5) is 37.3 Å². The molecule has 27 heteroatoms. The number of nitrogens with two attached hydrogens (primary N) is 1. The number of anilines is 3.